The van der Waals surface area contributed by atoms with E-state index in [1.165, 1.54) is 34.2 Å². The Morgan fingerprint density at radius 3 is 2.48 bits per heavy atom. The molecule has 2 aliphatic carbocycles. The molecule has 2 heterocycles. The Labute approximate surface area is 188 Å². The van der Waals surface area contributed by atoms with Crippen molar-refractivity contribution in [1.82, 2.24) is 9.88 Å². The van der Waals surface area contributed by atoms with Gasteiger partial charge in [-0.15, -0.1) is 0 Å². The van der Waals surface area contributed by atoms with Gasteiger partial charge >= 0.3 is 0 Å². The molecule has 3 aromatic rings. The van der Waals surface area contributed by atoms with Crippen molar-refractivity contribution in [3.63, 3.8) is 0 Å². The van der Waals surface area contributed by atoms with E-state index in [2.05, 4.69) is 46.3 Å². The fourth-order valence-corrected chi connectivity index (χ4v) is 6.43. The van der Waals surface area contributed by atoms with Crippen molar-refractivity contribution in [2.45, 2.75) is 43.7 Å². The molecule has 1 fully saturated rings. The van der Waals surface area contributed by atoms with E-state index in [9.17, 15) is 5.11 Å². The first-order valence-electron chi connectivity index (χ1n) is 11.4. The first-order chi connectivity index (χ1) is 15.2. The molecule has 0 spiro atoms. The van der Waals surface area contributed by atoms with Gasteiger partial charge in [-0.2, -0.15) is 0 Å². The van der Waals surface area contributed by atoms with Gasteiger partial charge in [-0.05, 0) is 83.8 Å². The summed E-state index contributed by atoms with van der Waals surface area (Å²) in [6.45, 7) is 2.89. The highest BCUT2D eigenvalue weighted by Gasteiger charge is 2.43. The molecule has 158 valence electrons. The van der Waals surface area contributed by atoms with Crippen LogP contribution in [0, 0.1) is 5.92 Å². The number of hydrogen-bond donors (Lipinski definition) is 1. The van der Waals surface area contributed by atoms with E-state index in [4.69, 9.17) is 11.6 Å². The zero-order valence-electron chi connectivity index (χ0n) is 17.5. The quantitative estimate of drug-likeness (QED) is 0.580. The third-order valence-electron chi connectivity index (χ3n) is 7.76. The Balaban J connectivity index is 1.20. The Morgan fingerprint density at radius 2 is 1.74 bits per heavy atom. The smallest absolute Gasteiger partial charge is 0.0833 e. The number of fused-ring (bicyclic) bond motifs is 8. The lowest BCUT2D eigenvalue weighted by atomic mass is 9.83. The van der Waals surface area contributed by atoms with E-state index >= 15 is 0 Å². The van der Waals surface area contributed by atoms with Crippen LogP contribution in [0.15, 0.2) is 60.9 Å². The average Bonchev–Trinajstić information content (AvgIpc) is 3.39. The summed E-state index contributed by atoms with van der Waals surface area (Å²) >= 11 is 6.78. The van der Waals surface area contributed by atoms with Crippen molar-refractivity contribution in [2.24, 2.45) is 5.92 Å². The van der Waals surface area contributed by atoms with E-state index in [1.807, 2.05) is 12.1 Å². The summed E-state index contributed by atoms with van der Waals surface area (Å²) in [5.41, 5.74) is 8.26. The molecule has 0 amide bonds. The van der Waals surface area contributed by atoms with Crippen LogP contribution in [0.1, 0.15) is 70.6 Å². The molecule has 6 rings (SSSR count). The van der Waals surface area contributed by atoms with Gasteiger partial charge in [0.15, 0.2) is 0 Å². The molecule has 0 unspecified atom stereocenters. The molecule has 1 aromatic heterocycles. The Kier molecular flexibility index (Phi) is 4.86. The molecule has 31 heavy (non-hydrogen) atoms. The minimum Gasteiger partial charge on any atom is -0.388 e. The third kappa shape index (κ3) is 3.22. The molecule has 2 aromatic carbocycles. The number of hydrogen-bond acceptors (Lipinski definition) is 3. The zero-order chi connectivity index (χ0) is 20.9. The Hall–Kier alpha value is -2.20. The van der Waals surface area contributed by atoms with Crippen molar-refractivity contribution in [2.75, 3.05) is 13.1 Å². The number of benzene rings is 2. The highest BCUT2D eigenvalue weighted by atomic mass is 35.5. The first kappa shape index (κ1) is 19.5. The predicted molar refractivity (Wildman–Crippen MR) is 123 cm³/mol. The van der Waals surface area contributed by atoms with Gasteiger partial charge in [-0.25, -0.2) is 0 Å². The van der Waals surface area contributed by atoms with Crippen LogP contribution < -0.4 is 0 Å². The van der Waals surface area contributed by atoms with Crippen LogP contribution in [-0.2, 0) is 6.54 Å². The second kappa shape index (κ2) is 7.74. The van der Waals surface area contributed by atoms with Gasteiger partial charge in [-0.3, -0.25) is 9.88 Å². The number of halogens is 1. The van der Waals surface area contributed by atoms with E-state index in [0.717, 1.165) is 43.1 Å². The lowest BCUT2D eigenvalue weighted by molar-refractivity contribution is 0.0565. The number of aliphatic hydroxyl groups is 1. The highest BCUT2D eigenvalue weighted by Crippen LogP contribution is 2.58. The van der Waals surface area contributed by atoms with Gasteiger partial charge in [0.1, 0.15) is 0 Å². The van der Waals surface area contributed by atoms with Crippen molar-refractivity contribution in [1.29, 1.82) is 0 Å². The normalized spacial score (nSPS) is 23.5. The van der Waals surface area contributed by atoms with Gasteiger partial charge in [0.05, 0.1) is 6.10 Å². The summed E-state index contributed by atoms with van der Waals surface area (Å²) in [6.07, 6.45) is 6.31. The topological polar surface area (TPSA) is 36.4 Å². The summed E-state index contributed by atoms with van der Waals surface area (Å²) in [6, 6.07) is 17.2. The van der Waals surface area contributed by atoms with Gasteiger partial charge in [0.2, 0.25) is 0 Å². The first-order valence-corrected chi connectivity index (χ1v) is 11.8. The maximum absolute atomic E-state index is 10.8. The number of aromatic nitrogens is 1. The largest absolute Gasteiger partial charge is 0.388 e. The fraction of sp³-hybridized carbons (Fsp3) is 0.370. The monoisotopic (exact) mass is 430 g/mol. The van der Waals surface area contributed by atoms with E-state index in [-0.39, 0.29) is 0 Å². The van der Waals surface area contributed by atoms with Crippen molar-refractivity contribution < 1.29 is 5.11 Å². The van der Waals surface area contributed by atoms with Crippen LogP contribution in [0.2, 0.25) is 5.02 Å². The van der Waals surface area contributed by atoms with Crippen LogP contribution in [-0.4, -0.2) is 28.1 Å². The van der Waals surface area contributed by atoms with Crippen LogP contribution in [0.3, 0.4) is 0 Å². The minimum atomic E-state index is -0.423. The summed E-state index contributed by atoms with van der Waals surface area (Å²) in [7, 11) is 0. The summed E-state index contributed by atoms with van der Waals surface area (Å²) in [4.78, 5) is 6.68. The lowest BCUT2D eigenvalue weighted by Gasteiger charge is -2.35. The van der Waals surface area contributed by atoms with Gasteiger partial charge in [0, 0.05) is 35.8 Å². The fourth-order valence-electron chi connectivity index (χ4n) is 6.21. The van der Waals surface area contributed by atoms with Crippen LogP contribution in [0.5, 0.6) is 0 Å². The van der Waals surface area contributed by atoms with E-state index < -0.39 is 6.10 Å². The lowest BCUT2D eigenvalue weighted by Crippen LogP contribution is -2.35. The minimum absolute atomic E-state index is 0.292. The van der Waals surface area contributed by atoms with Gasteiger partial charge in [0.25, 0.3) is 0 Å². The molecule has 3 atom stereocenters. The molecule has 2 bridgehead atoms. The maximum Gasteiger partial charge on any atom is 0.0833 e. The number of likely N-dealkylation sites (tertiary alicyclic amines) is 1. The van der Waals surface area contributed by atoms with Crippen LogP contribution >= 0.6 is 11.6 Å². The molecule has 0 saturated carbocycles. The van der Waals surface area contributed by atoms with Gasteiger partial charge in [-0.1, -0.05) is 48.0 Å². The predicted octanol–water partition coefficient (Wildman–Crippen LogP) is 5.66. The summed E-state index contributed by atoms with van der Waals surface area (Å²) in [5, 5.41) is 11.7. The molecular formula is C27H27ClN2O. The van der Waals surface area contributed by atoms with Crippen molar-refractivity contribution in [3.8, 4) is 0 Å². The second-order valence-corrected chi connectivity index (χ2v) is 9.75. The molecule has 3 aliphatic rings. The third-order valence-corrected chi connectivity index (χ3v) is 8.12. The Morgan fingerprint density at radius 1 is 0.968 bits per heavy atom. The molecular weight excluding hydrogens is 404 g/mol. The van der Waals surface area contributed by atoms with Crippen LogP contribution in [0.25, 0.3) is 0 Å². The van der Waals surface area contributed by atoms with Crippen molar-refractivity contribution in [3.05, 3.63) is 99.3 Å². The number of pyridine rings is 1. The Bertz CT molecular complexity index is 1110. The van der Waals surface area contributed by atoms with Gasteiger partial charge < -0.3 is 5.11 Å². The number of rotatable bonds is 4. The number of piperidine rings is 1. The van der Waals surface area contributed by atoms with Crippen LogP contribution in [0.4, 0.5) is 0 Å². The molecule has 0 radical (unpaired) electrons. The highest BCUT2D eigenvalue weighted by molar-refractivity contribution is 6.31. The molecule has 1 aliphatic heterocycles. The second-order valence-electron chi connectivity index (χ2n) is 9.34. The van der Waals surface area contributed by atoms with Crippen molar-refractivity contribution >= 4 is 11.6 Å². The average molecular weight is 431 g/mol. The SMILES string of the molecule is O[C@H](c1cccnc1)C1CCN(Cc2c(Cl)ccc3c2[C@@H]2C[C@@H]3c3ccccc32)CC1. The molecule has 4 heteroatoms. The summed E-state index contributed by atoms with van der Waals surface area (Å²) in [5.74, 6) is 1.32. The number of aliphatic hydroxyl groups excluding tert-OH is 1. The standard InChI is InChI=1S/C27H27ClN2O/c28-25-8-7-21-22-14-23(20-6-2-1-5-19(20)22)26(21)24(25)16-30-12-9-17(10-13-30)27(31)18-4-3-11-29-15-18/h1-8,11,15,17,22-23,27,31H,9-10,12-14,16H2/t22-,23-,27+/m1/s1. The maximum atomic E-state index is 10.8. The summed E-state index contributed by atoms with van der Waals surface area (Å²) < 4.78 is 0. The zero-order valence-corrected chi connectivity index (χ0v) is 18.3. The number of nitrogens with zero attached hydrogens (tertiary/aromatic N) is 2. The molecule has 1 N–H and O–H groups in total. The molecule has 1 saturated heterocycles. The van der Waals surface area contributed by atoms with E-state index in [1.54, 1.807) is 12.4 Å². The van der Waals surface area contributed by atoms with E-state index in [0.29, 0.717) is 17.8 Å². The molecule has 3 nitrogen and oxygen atoms in total.